The molecular weight excluding hydrogens is 322 g/mol. The summed E-state index contributed by atoms with van der Waals surface area (Å²) in [6.45, 7) is 5.29. The normalized spacial score (nSPS) is 11.2. The monoisotopic (exact) mass is 351 g/mol. The number of aromatic nitrogens is 1. The van der Waals surface area contributed by atoms with E-state index in [1.165, 1.54) is 24.0 Å². The molecule has 1 heterocycles. The number of unbranched alkanes of at least 4 members (excludes halogenated alkanes) is 2. The quantitative estimate of drug-likeness (QED) is 0.312. The lowest BCUT2D eigenvalue weighted by Crippen LogP contribution is -1.96. The van der Waals surface area contributed by atoms with Crippen molar-refractivity contribution in [2.24, 2.45) is 0 Å². The summed E-state index contributed by atoms with van der Waals surface area (Å²) in [5.41, 5.74) is 4.15. The number of ether oxygens (including phenoxy) is 1. The molecule has 0 aliphatic rings. The minimum atomic E-state index is 0.0498. The van der Waals surface area contributed by atoms with Crippen LogP contribution in [-0.2, 0) is 24.2 Å². The van der Waals surface area contributed by atoms with Gasteiger partial charge in [0, 0.05) is 30.5 Å². The molecule has 0 radical (unpaired) electrons. The number of pyridine rings is 1. The standard InChI is InChI=1S/C23H29NO2/c1-3-4-7-15-26-18-21-11-8-10-20(16-21)9-5-6-12-23-14-13-22(17-24-23)19(2)25/h5-6,8,10-11,13-14,16-17H,3-4,7,9,12,15,18H2,1-2H3/b6-5+. The highest BCUT2D eigenvalue weighted by molar-refractivity contribution is 5.93. The molecule has 0 N–H and O–H groups in total. The lowest BCUT2D eigenvalue weighted by molar-refractivity contribution is 0.101. The molecule has 0 unspecified atom stereocenters. The predicted octanol–water partition coefficient (Wildman–Crippen LogP) is 5.33. The zero-order valence-electron chi connectivity index (χ0n) is 15.9. The van der Waals surface area contributed by atoms with Gasteiger partial charge in [-0.3, -0.25) is 9.78 Å². The third kappa shape index (κ3) is 7.32. The summed E-state index contributed by atoms with van der Waals surface area (Å²) in [4.78, 5) is 15.6. The number of carbonyl (C=O) groups is 1. The number of ketones is 1. The second-order valence-electron chi connectivity index (χ2n) is 6.55. The van der Waals surface area contributed by atoms with Crippen LogP contribution in [-0.4, -0.2) is 17.4 Å². The van der Waals surface area contributed by atoms with Gasteiger partial charge in [0.05, 0.1) is 6.61 Å². The molecule has 2 rings (SSSR count). The van der Waals surface area contributed by atoms with Gasteiger partial charge in [0.1, 0.15) is 0 Å². The van der Waals surface area contributed by atoms with Gasteiger partial charge in [-0.05, 0) is 43.0 Å². The molecule has 3 heteroatoms. The zero-order valence-corrected chi connectivity index (χ0v) is 15.9. The fraction of sp³-hybridized carbons (Fsp3) is 0.391. The summed E-state index contributed by atoms with van der Waals surface area (Å²) in [7, 11) is 0. The molecule has 0 spiro atoms. The highest BCUT2D eigenvalue weighted by atomic mass is 16.5. The van der Waals surface area contributed by atoms with Crippen molar-refractivity contribution < 1.29 is 9.53 Å². The number of nitrogens with zero attached hydrogens (tertiary/aromatic N) is 1. The van der Waals surface area contributed by atoms with Crippen molar-refractivity contribution in [1.82, 2.24) is 4.98 Å². The summed E-state index contributed by atoms with van der Waals surface area (Å²) in [6.07, 6.45) is 11.2. The lowest BCUT2D eigenvalue weighted by Gasteiger charge is -2.05. The Morgan fingerprint density at radius 2 is 1.88 bits per heavy atom. The van der Waals surface area contributed by atoms with Gasteiger partial charge in [0.25, 0.3) is 0 Å². The van der Waals surface area contributed by atoms with Crippen LogP contribution in [0.3, 0.4) is 0 Å². The topological polar surface area (TPSA) is 39.2 Å². The van der Waals surface area contributed by atoms with E-state index in [9.17, 15) is 4.79 Å². The van der Waals surface area contributed by atoms with Crippen molar-refractivity contribution >= 4 is 5.78 Å². The first-order valence-corrected chi connectivity index (χ1v) is 9.45. The van der Waals surface area contributed by atoms with Crippen molar-refractivity contribution in [3.8, 4) is 0 Å². The fourth-order valence-electron chi connectivity index (χ4n) is 2.67. The van der Waals surface area contributed by atoms with E-state index < -0.39 is 0 Å². The molecule has 0 amide bonds. The second-order valence-corrected chi connectivity index (χ2v) is 6.55. The van der Waals surface area contributed by atoms with Crippen LogP contribution in [0.25, 0.3) is 0 Å². The third-order valence-electron chi connectivity index (χ3n) is 4.23. The van der Waals surface area contributed by atoms with E-state index in [1.807, 2.05) is 12.1 Å². The Morgan fingerprint density at radius 3 is 2.62 bits per heavy atom. The molecule has 1 aromatic heterocycles. The maximum atomic E-state index is 11.3. The van der Waals surface area contributed by atoms with Crippen molar-refractivity contribution in [2.45, 2.75) is 52.6 Å². The summed E-state index contributed by atoms with van der Waals surface area (Å²) >= 11 is 0. The molecule has 0 saturated heterocycles. The Balaban J connectivity index is 1.76. The van der Waals surface area contributed by atoms with E-state index in [4.69, 9.17) is 4.74 Å². The number of allylic oxidation sites excluding steroid dienone is 2. The van der Waals surface area contributed by atoms with Crippen LogP contribution in [0.2, 0.25) is 0 Å². The number of hydrogen-bond donors (Lipinski definition) is 0. The first-order valence-electron chi connectivity index (χ1n) is 9.45. The Morgan fingerprint density at radius 1 is 1.08 bits per heavy atom. The van der Waals surface area contributed by atoms with E-state index in [0.717, 1.165) is 31.6 Å². The average molecular weight is 351 g/mol. The molecule has 138 valence electrons. The van der Waals surface area contributed by atoms with Gasteiger partial charge in [0.15, 0.2) is 5.78 Å². The summed E-state index contributed by atoms with van der Waals surface area (Å²) < 4.78 is 5.74. The van der Waals surface area contributed by atoms with Crippen molar-refractivity contribution in [3.05, 3.63) is 77.1 Å². The van der Waals surface area contributed by atoms with Crippen molar-refractivity contribution in [3.63, 3.8) is 0 Å². The Kier molecular flexibility index (Phi) is 8.77. The Labute approximate surface area is 157 Å². The van der Waals surface area contributed by atoms with Gasteiger partial charge in [-0.15, -0.1) is 0 Å². The van der Waals surface area contributed by atoms with Gasteiger partial charge < -0.3 is 4.74 Å². The van der Waals surface area contributed by atoms with Gasteiger partial charge >= 0.3 is 0 Å². The van der Waals surface area contributed by atoms with Gasteiger partial charge in [-0.2, -0.15) is 0 Å². The SMILES string of the molecule is CCCCCOCc1cccc(C/C=C/Cc2ccc(C(C)=O)cn2)c1. The molecular formula is C23H29NO2. The number of hydrogen-bond acceptors (Lipinski definition) is 3. The molecule has 26 heavy (non-hydrogen) atoms. The first kappa shape index (κ1) is 20.1. The van der Waals surface area contributed by atoms with Crippen molar-refractivity contribution in [1.29, 1.82) is 0 Å². The Bertz CT molecular complexity index is 704. The molecule has 0 bridgehead atoms. The van der Waals surface area contributed by atoms with Gasteiger partial charge in [-0.1, -0.05) is 56.2 Å². The minimum absolute atomic E-state index is 0.0498. The summed E-state index contributed by atoms with van der Waals surface area (Å²) in [6, 6.07) is 12.3. The zero-order chi connectivity index (χ0) is 18.6. The molecule has 0 fully saturated rings. The number of Topliss-reactive ketones (excluding diaryl/α,β-unsaturated/α-hetero) is 1. The minimum Gasteiger partial charge on any atom is -0.377 e. The highest BCUT2D eigenvalue weighted by Gasteiger charge is 1.99. The van der Waals surface area contributed by atoms with Crippen LogP contribution in [0.1, 0.15) is 60.3 Å². The molecule has 0 aliphatic carbocycles. The lowest BCUT2D eigenvalue weighted by atomic mass is 10.1. The molecule has 1 aromatic carbocycles. The van der Waals surface area contributed by atoms with Crippen LogP contribution in [0.4, 0.5) is 0 Å². The van der Waals surface area contributed by atoms with E-state index in [0.29, 0.717) is 12.2 Å². The van der Waals surface area contributed by atoms with E-state index in [2.05, 4.69) is 48.3 Å². The predicted molar refractivity (Wildman–Crippen MR) is 106 cm³/mol. The fourth-order valence-corrected chi connectivity index (χ4v) is 2.67. The van der Waals surface area contributed by atoms with E-state index in [-0.39, 0.29) is 5.78 Å². The molecule has 2 aromatic rings. The third-order valence-corrected chi connectivity index (χ3v) is 4.23. The molecule has 3 nitrogen and oxygen atoms in total. The number of carbonyl (C=O) groups excluding carboxylic acids is 1. The Hall–Kier alpha value is -2.26. The number of rotatable bonds is 11. The molecule has 0 atom stereocenters. The first-order chi connectivity index (χ1) is 12.7. The summed E-state index contributed by atoms with van der Waals surface area (Å²) in [5.74, 6) is 0.0498. The average Bonchev–Trinajstić information content (AvgIpc) is 2.66. The maximum Gasteiger partial charge on any atom is 0.161 e. The van der Waals surface area contributed by atoms with Crippen LogP contribution in [0.15, 0.2) is 54.7 Å². The van der Waals surface area contributed by atoms with Crippen LogP contribution >= 0.6 is 0 Å². The van der Waals surface area contributed by atoms with Crippen LogP contribution in [0, 0.1) is 0 Å². The van der Waals surface area contributed by atoms with E-state index in [1.54, 1.807) is 13.1 Å². The maximum absolute atomic E-state index is 11.3. The smallest absolute Gasteiger partial charge is 0.161 e. The second kappa shape index (κ2) is 11.4. The van der Waals surface area contributed by atoms with Crippen LogP contribution < -0.4 is 0 Å². The summed E-state index contributed by atoms with van der Waals surface area (Å²) in [5, 5.41) is 0. The van der Waals surface area contributed by atoms with E-state index >= 15 is 0 Å². The van der Waals surface area contributed by atoms with Crippen LogP contribution in [0.5, 0.6) is 0 Å². The molecule has 0 saturated carbocycles. The highest BCUT2D eigenvalue weighted by Crippen LogP contribution is 2.09. The van der Waals surface area contributed by atoms with Crippen molar-refractivity contribution in [2.75, 3.05) is 6.61 Å². The molecule has 0 aliphatic heterocycles. The van der Waals surface area contributed by atoms with Gasteiger partial charge in [0.2, 0.25) is 0 Å². The van der Waals surface area contributed by atoms with Gasteiger partial charge in [-0.25, -0.2) is 0 Å². The largest absolute Gasteiger partial charge is 0.377 e. The number of benzene rings is 1.